The maximum Gasteiger partial charge on any atom is 0.230 e. The first-order valence-corrected chi connectivity index (χ1v) is 6.71. The van der Waals surface area contributed by atoms with E-state index < -0.39 is 5.41 Å². The Kier molecular flexibility index (Phi) is 4.13. The Labute approximate surface area is 118 Å². The molecule has 3 N–H and O–H groups in total. The van der Waals surface area contributed by atoms with Crippen LogP contribution in [-0.4, -0.2) is 25.2 Å². The number of amides is 1. The van der Waals surface area contributed by atoms with E-state index in [0.717, 1.165) is 5.56 Å². The molecule has 19 heavy (non-hydrogen) atoms. The molecule has 1 aliphatic heterocycles. The molecule has 2 rings (SSSR count). The van der Waals surface area contributed by atoms with Gasteiger partial charge in [-0.25, -0.2) is 0 Å². The molecule has 1 saturated heterocycles. The third-order valence-electron chi connectivity index (χ3n) is 3.76. The van der Waals surface area contributed by atoms with Crippen LogP contribution in [0.25, 0.3) is 0 Å². The van der Waals surface area contributed by atoms with Gasteiger partial charge in [-0.3, -0.25) is 4.79 Å². The molecule has 1 aromatic carbocycles. The summed E-state index contributed by atoms with van der Waals surface area (Å²) in [7, 11) is 0. The van der Waals surface area contributed by atoms with Crippen molar-refractivity contribution >= 4 is 17.5 Å². The molecule has 1 heterocycles. The van der Waals surface area contributed by atoms with Crippen molar-refractivity contribution in [1.82, 2.24) is 5.32 Å². The monoisotopic (exact) mass is 282 g/mol. The lowest BCUT2D eigenvalue weighted by atomic mass is 9.84. The van der Waals surface area contributed by atoms with E-state index in [0.29, 0.717) is 18.2 Å². The van der Waals surface area contributed by atoms with E-state index in [9.17, 15) is 4.79 Å². The summed E-state index contributed by atoms with van der Waals surface area (Å²) in [6, 6.07) is 7.04. The topological polar surface area (TPSA) is 64.3 Å². The minimum Gasteiger partial charge on any atom is -0.379 e. The molecule has 104 valence electrons. The van der Waals surface area contributed by atoms with E-state index in [1.807, 2.05) is 38.1 Å². The van der Waals surface area contributed by atoms with Gasteiger partial charge in [-0.2, -0.15) is 0 Å². The Morgan fingerprint density at radius 2 is 2.26 bits per heavy atom. The van der Waals surface area contributed by atoms with E-state index in [1.54, 1.807) is 0 Å². The number of halogens is 1. The lowest BCUT2D eigenvalue weighted by Gasteiger charge is -2.28. The third kappa shape index (κ3) is 2.76. The van der Waals surface area contributed by atoms with Crippen LogP contribution in [-0.2, 0) is 9.53 Å². The Balaban J connectivity index is 2.09. The normalized spacial score (nSPS) is 28.1. The summed E-state index contributed by atoms with van der Waals surface area (Å²) in [6.45, 7) is 4.52. The van der Waals surface area contributed by atoms with E-state index in [-0.39, 0.29) is 18.0 Å². The van der Waals surface area contributed by atoms with Crippen molar-refractivity contribution in [3.63, 3.8) is 0 Å². The van der Waals surface area contributed by atoms with Crippen LogP contribution >= 0.6 is 11.6 Å². The number of hydrogen-bond acceptors (Lipinski definition) is 3. The van der Waals surface area contributed by atoms with Gasteiger partial charge in [-0.15, -0.1) is 0 Å². The van der Waals surface area contributed by atoms with Crippen molar-refractivity contribution in [1.29, 1.82) is 0 Å². The van der Waals surface area contributed by atoms with Crippen molar-refractivity contribution < 1.29 is 9.53 Å². The molecule has 1 aromatic rings. The molecule has 1 fully saturated rings. The van der Waals surface area contributed by atoms with Gasteiger partial charge in [0.05, 0.1) is 24.7 Å². The molecular formula is C14H19ClN2O2. The number of carbonyl (C=O) groups excluding carboxylic acids is 1. The van der Waals surface area contributed by atoms with Crippen molar-refractivity contribution in [2.75, 3.05) is 13.2 Å². The second-order valence-corrected chi connectivity index (χ2v) is 5.66. The Hall–Kier alpha value is -1.10. The molecule has 0 bridgehead atoms. The van der Waals surface area contributed by atoms with Crippen LogP contribution in [0.5, 0.6) is 0 Å². The average molecular weight is 283 g/mol. The summed E-state index contributed by atoms with van der Waals surface area (Å²) in [6.07, 6.45) is 0. The van der Waals surface area contributed by atoms with Crippen molar-refractivity contribution in [3.05, 3.63) is 34.9 Å². The summed E-state index contributed by atoms with van der Waals surface area (Å²) in [5.41, 5.74) is 6.17. The molecule has 1 amide bonds. The number of rotatable bonds is 3. The number of carbonyl (C=O) groups is 1. The molecule has 0 aliphatic carbocycles. The predicted octanol–water partition coefficient (Wildman–Crippen LogP) is 1.88. The van der Waals surface area contributed by atoms with Gasteiger partial charge in [0, 0.05) is 11.1 Å². The summed E-state index contributed by atoms with van der Waals surface area (Å²) >= 11 is 6.12. The number of nitrogens with two attached hydrogens (primary N) is 1. The van der Waals surface area contributed by atoms with Crippen molar-refractivity contribution in [2.45, 2.75) is 25.9 Å². The molecule has 0 aromatic heterocycles. The Morgan fingerprint density at radius 3 is 2.84 bits per heavy atom. The first-order chi connectivity index (χ1) is 8.95. The molecule has 4 nitrogen and oxygen atoms in total. The van der Waals surface area contributed by atoms with Gasteiger partial charge in [0.2, 0.25) is 5.91 Å². The maximum atomic E-state index is 12.4. The fourth-order valence-electron chi connectivity index (χ4n) is 2.19. The van der Waals surface area contributed by atoms with Gasteiger partial charge >= 0.3 is 0 Å². The van der Waals surface area contributed by atoms with E-state index >= 15 is 0 Å². The van der Waals surface area contributed by atoms with E-state index in [1.165, 1.54) is 0 Å². The summed E-state index contributed by atoms with van der Waals surface area (Å²) < 4.78 is 5.29. The van der Waals surface area contributed by atoms with Gasteiger partial charge in [-0.1, -0.05) is 29.8 Å². The van der Waals surface area contributed by atoms with Gasteiger partial charge in [0.25, 0.3) is 0 Å². The molecule has 1 aliphatic rings. The first kappa shape index (κ1) is 14.3. The third-order valence-corrected chi connectivity index (χ3v) is 4.10. The lowest BCUT2D eigenvalue weighted by molar-refractivity contribution is -0.131. The quantitative estimate of drug-likeness (QED) is 0.890. The molecule has 0 radical (unpaired) electrons. The minimum atomic E-state index is -0.671. The highest BCUT2D eigenvalue weighted by atomic mass is 35.5. The molecule has 0 spiro atoms. The second-order valence-electron chi connectivity index (χ2n) is 5.26. The molecular weight excluding hydrogens is 264 g/mol. The second kappa shape index (κ2) is 5.49. The minimum absolute atomic E-state index is 0.0927. The van der Waals surface area contributed by atoms with Crippen LogP contribution in [0.15, 0.2) is 24.3 Å². The summed E-state index contributed by atoms with van der Waals surface area (Å²) in [5.74, 6) is -0.0927. The zero-order chi connectivity index (χ0) is 14.0. The van der Waals surface area contributed by atoms with Crippen LogP contribution in [0.2, 0.25) is 5.02 Å². The number of hydrogen-bond donors (Lipinski definition) is 2. The molecule has 3 unspecified atom stereocenters. The fraction of sp³-hybridized carbons (Fsp3) is 0.500. The Bertz CT molecular complexity index is 480. The zero-order valence-corrected chi connectivity index (χ0v) is 11.9. The smallest absolute Gasteiger partial charge is 0.230 e. The van der Waals surface area contributed by atoms with Crippen LogP contribution < -0.4 is 11.1 Å². The lowest BCUT2D eigenvalue weighted by Crippen LogP contribution is -2.50. The molecule has 0 saturated carbocycles. The van der Waals surface area contributed by atoms with Crippen LogP contribution in [0.4, 0.5) is 0 Å². The number of nitrogens with one attached hydrogen (secondary N) is 1. The first-order valence-electron chi connectivity index (χ1n) is 6.34. The molecule has 3 atom stereocenters. The van der Waals surface area contributed by atoms with Gasteiger partial charge in [-0.05, 0) is 25.5 Å². The Morgan fingerprint density at radius 1 is 1.58 bits per heavy atom. The molecule has 5 heteroatoms. The zero-order valence-electron chi connectivity index (χ0n) is 11.2. The predicted molar refractivity (Wildman–Crippen MR) is 74.9 cm³/mol. The van der Waals surface area contributed by atoms with Crippen LogP contribution in [0, 0.1) is 5.41 Å². The highest BCUT2D eigenvalue weighted by Gasteiger charge is 2.44. The number of ether oxygens (including phenoxy) is 1. The average Bonchev–Trinajstić information content (AvgIpc) is 2.71. The summed E-state index contributed by atoms with van der Waals surface area (Å²) in [4.78, 5) is 12.4. The van der Waals surface area contributed by atoms with E-state index in [2.05, 4.69) is 5.32 Å². The van der Waals surface area contributed by atoms with Gasteiger partial charge in [0.1, 0.15) is 0 Å². The largest absolute Gasteiger partial charge is 0.379 e. The van der Waals surface area contributed by atoms with Gasteiger partial charge in [0.15, 0.2) is 0 Å². The fourth-order valence-corrected chi connectivity index (χ4v) is 2.49. The maximum absolute atomic E-state index is 12.4. The highest BCUT2D eigenvalue weighted by Crippen LogP contribution is 2.29. The van der Waals surface area contributed by atoms with E-state index in [4.69, 9.17) is 22.1 Å². The van der Waals surface area contributed by atoms with Crippen molar-refractivity contribution in [3.8, 4) is 0 Å². The van der Waals surface area contributed by atoms with Crippen molar-refractivity contribution in [2.24, 2.45) is 11.1 Å². The summed E-state index contributed by atoms with van der Waals surface area (Å²) in [5, 5.41) is 3.61. The standard InChI is InChI=1S/C14H19ClN2O2/c1-9(10-5-3-4-6-11(10)15)17-13(18)14(2)8-19-7-12(14)16/h3-6,9,12H,7-8,16H2,1-2H3,(H,17,18). The van der Waals surface area contributed by atoms with Gasteiger partial charge < -0.3 is 15.8 Å². The number of benzene rings is 1. The van der Waals surface area contributed by atoms with Crippen LogP contribution in [0.3, 0.4) is 0 Å². The highest BCUT2D eigenvalue weighted by molar-refractivity contribution is 6.31. The SMILES string of the molecule is CC(NC(=O)C1(C)COCC1N)c1ccccc1Cl. The van der Waals surface area contributed by atoms with Crippen LogP contribution in [0.1, 0.15) is 25.5 Å².